The Morgan fingerprint density at radius 3 is 2.65 bits per heavy atom. The molecule has 1 saturated heterocycles. The Balaban J connectivity index is 1.84. The van der Waals surface area contributed by atoms with Crippen LogP contribution in [0.1, 0.15) is 18.4 Å². The van der Waals surface area contributed by atoms with E-state index >= 15 is 0 Å². The first-order valence-electron chi connectivity index (χ1n) is 6.49. The van der Waals surface area contributed by atoms with E-state index in [1.165, 1.54) is 0 Å². The lowest BCUT2D eigenvalue weighted by Crippen LogP contribution is -2.45. The van der Waals surface area contributed by atoms with E-state index in [2.05, 4.69) is 5.32 Å². The van der Waals surface area contributed by atoms with Gasteiger partial charge in [0.25, 0.3) is 0 Å². The van der Waals surface area contributed by atoms with Crippen molar-refractivity contribution in [2.45, 2.75) is 24.9 Å². The Kier molecular flexibility index (Phi) is 5.61. The number of halogens is 2. The molecule has 1 aromatic carbocycles. The number of hydrogen-bond acceptors (Lipinski definition) is 3. The van der Waals surface area contributed by atoms with Gasteiger partial charge < -0.3 is 10.4 Å². The highest BCUT2D eigenvalue weighted by molar-refractivity contribution is 7.99. The summed E-state index contributed by atoms with van der Waals surface area (Å²) in [6, 6.07) is 5.15. The van der Waals surface area contributed by atoms with Crippen LogP contribution in [0.4, 0.5) is 0 Å². The van der Waals surface area contributed by atoms with Crippen molar-refractivity contribution in [2.75, 3.05) is 18.1 Å². The van der Waals surface area contributed by atoms with Gasteiger partial charge in [-0.3, -0.25) is 4.79 Å². The van der Waals surface area contributed by atoms with Gasteiger partial charge >= 0.3 is 0 Å². The molecule has 1 aliphatic heterocycles. The van der Waals surface area contributed by atoms with Gasteiger partial charge in [-0.15, -0.1) is 0 Å². The molecule has 0 spiro atoms. The fourth-order valence-corrected chi connectivity index (χ4v) is 3.66. The zero-order chi connectivity index (χ0) is 14.6. The second-order valence-corrected chi connectivity index (χ2v) is 7.08. The minimum Gasteiger partial charge on any atom is -0.388 e. The number of carbonyl (C=O) groups is 1. The van der Waals surface area contributed by atoms with E-state index in [0.717, 1.165) is 29.9 Å². The van der Waals surface area contributed by atoms with E-state index in [9.17, 15) is 9.90 Å². The van der Waals surface area contributed by atoms with Crippen molar-refractivity contribution in [3.8, 4) is 0 Å². The van der Waals surface area contributed by atoms with Gasteiger partial charge in [0.2, 0.25) is 5.91 Å². The summed E-state index contributed by atoms with van der Waals surface area (Å²) < 4.78 is 0. The Labute approximate surface area is 133 Å². The van der Waals surface area contributed by atoms with Gasteiger partial charge in [0.05, 0.1) is 22.1 Å². The van der Waals surface area contributed by atoms with Gasteiger partial charge in [0.1, 0.15) is 0 Å². The van der Waals surface area contributed by atoms with Crippen LogP contribution in [0.15, 0.2) is 18.2 Å². The molecule has 1 aliphatic rings. The van der Waals surface area contributed by atoms with Crippen molar-refractivity contribution in [3.63, 3.8) is 0 Å². The van der Waals surface area contributed by atoms with E-state index in [1.807, 2.05) is 11.8 Å². The molecule has 6 heteroatoms. The first-order chi connectivity index (χ1) is 9.48. The smallest absolute Gasteiger partial charge is 0.224 e. The topological polar surface area (TPSA) is 49.3 Å². The summed E-state index contributed by atoms with van der Waals surface area (Å²) in [5.74, 6) is 1.77. The van der Waals surface area contributed by atoms with E-state index in [-0.39, 0.29) is 12.3 Å². The zero-order valence-corrected chi connectivity index (χ0v) is 13.3. The number of rotatable bonds is 4. The van der Waals surface area contributed by atoms with Gasteiger partial charge in [0, 0.05) is 6.54 Å². The van der Waals surface area contributed by atoms with Crippen LogP contribution in [-0.2, 0) is 11.2 Å². The number of amides is 1. The average molecular weight is 334 g/mol. The summed E-state index contributed by atoms with van der Waals surface area (Å²) in [5.41, 5.74) is 0.0570. The number of hydrogen-bond donors (Lipinski definition) is 2. The van der Waals surface area contributed by atoms with Gasteiger partial charge in [-0.05, 0) is 42.0 Å². The first kappa shape index (κ1) is 16.0. The number of benzene rings is 1. The van der Waals surface area contributed by atoms with E-state index in [1.54, 1.807) is 18.2 Å². The summed E-state index contributed by atoms with van der Waals surface area (Å²) in [7, 11) is 0. The molecule has 0 aliphatic carbocycles. The molecule has 1 fully saturated rings. The predicted octanol–water partition coefficient (Wildman–Crippen LogP) is 2.91. The van der Waals surface area contributed by atoms with Crippen LogP contribution < -0.4 is 5.32 Å². The minimum atomic E-state index is -0.751. The third-order valence-electron chi connectivity index (χ3n) is 3.39. The van der Waals surface area contributed by atoms with Gasteiger partial charge in [-0.25, -0.2) is 0 Å². The molecule has 0 saturated carbocycles. The molecular formula is C14H17Cl2NO2S. The number of thioether (sulfide) groups is 1. The molecule has 3 nitrogen and oxygen atoms in total. The van der Waals surface area contributed by atoms with Crippen molar-refractivity contribution in [1.29, 1.82) is 0 Å². The Morgan fingerprint density at radius 2 is 2.00 bits per heavy atom. The number of carbonyl (C=O) groups excluding carboxylic acids is 1. The summed E-state index contributed by atoms with van der Waals surface area (Å²) in [4.78, 5) is 11.9. The third-order valence-corrected chi connectivity index (χ3v) is 5.11. The lowest BCUT2D eigenvalue weighted by Gasteiger charge is -2.31. The lowest BCUT2D eigenvalue weighted by atomic mass is 9.97. The van der Waals surface area contributed by atoms with E-state index < -0.39 is 5.60 Å². The van der Waals surface area contributed by atoms with Crippen LogP contribution in [0.25, 0.3) is 0 Å². The minimum absolute atomic E-state index is 0.116. The summed E-state index contributed by atoms with van der Waals surface area (Å²) in [5, 5.41) is 14.0. The fraction of sp³-hybridized carbons (Fsp3) is 0.500. The summed E-state index contributed by atoms with van der Waals surface area (Å²) in [6.45, 7) is 0.313. The highest BCUT2D eigenvalue weighted by Gasteiger charge is 2.29. The summed E-state index contributed by atoms with van der Waals surface area (Å²) in [6.07, 6.45) is 1.69. The molecule has 1 amide bonds. The number of aliphatic hydroxyl groups is 1. The van der Waals surface area contributed by atoms with Crippen LogP contribution in [0.5, 0.6) is 0 Å². The van der Waals surface area contributed by atoms with Crippen LogP contribution >= 0.6 is 35.0 Å². The normalized spacial score (nSPS) is 17.8. The van der Waals surface area contributed by atoms with Crippen LogP contribution in [0.3, 0.4) is 0 Å². The first-order valence-corrected chi connectivity index (χ1v) is 8.40. The molecule has 20 heavy (non-hydrogen) atoms. The van der Waals surface area contributed by atoms with Crippen molar-refractivity contribution in [1.82, 2.24) is 5.32 Å². The molecule has 0 radical (unpaired) electrons. The quantitative estimate of drug-likeness (QED) is 0.890. The van der Waals surface area contributed by atoms with E-state index in [0.29, 0.717) is 16.6 Å². The van der Waals surface area contributed by atoms with Crippen molar-refractivity contribution >= 4 is 40.9 Å². The second-order valence-electron chi connectivity index (χ2n) is 5.04. The summed E-state index contributed by atoms with van der Waals surface area (Å²) >= 11 is 13.6. The highest BCUT2D eigenvalue weighted by Crippen LogP contribution is 2.26. The predicted molar refractivity (Wildman–Crippen MR) is 84.7 cm³/mol. The third kappa shape index (κ3) is 4.55. The molecule has 1 aromatic rings. The van der Waals surface area contributed by atoms with Gasteiger partial charge in [0.15, 0.2) is 0 Å². The monoisotopic (exact) mass is 333 g/mol. The van der Waals surface area contributed by atoms with Gasteiger partial charge in [-0.1, -0.05) is 29.3 Å². The molecular weight excluding hydrogens is 317 g/mol. The molecule has 2 rings (SSSR count). The fourth-order valence-electron chi connectivity index (χ4n) is 2.09. The van der Waals surface area contributed by atoms with Crippen molar-refractivity contribution in [2.24, 2.45) is 0 Å². The maximum Gasteiger partial charge on any atom is 0.224 e. The maximum atomic E-state index is 11.9. The molecule has 110 valence electrons. The van der Waals surface area contributed by atoms with Crippen LogP contribution in [-0.4, -0.2) is 34.7 Å². The maximum absolute atomic E-state index is 11.9. The Bertz CT molecular complexity index is 490. The SMILES string of the molecule is O=C(Cc1ccc(Cl)c(Cl)c1)NCC1(O)CCSCC1. The molecule has 0 unspecified atom stereocenters. The highest BCUT2D eigenvalue weighted by atomic mass is 35.5. The average Bonchev–Trinajstić information content (AvgIpc) is 2.42. The largest absolute Gasteiger partial charge is 0.388 e. The lowest BCUT2D eigenvalue weighted by molar-refractivity contribution is -0.121. The van der Waals surface area contributed by atoms with Crippen molar-refractivity contribution in [3.05, 3.63) is 33.8 Å². The zero-order valence-electron chi connectivity index (χ0n) is 11.0. The van der Waals surface area contributed by atoms with Crippen molar-refractivity contribution < 1.29 is 9.90 Å². The Hall–Kier alpha value is -0.420. The molecule has 0 atom stereocenters. The Morgan fingerprint density at radius 1 is 1.30 bits per heavy atom. The standard InChI is InChI=1S/C14H17Cl2NO2S/c15-11-2-1-10(7-12(11)16)8-13(18)17-9-14(19)3-5-20-6-4-14/h1-2,7,19H,3-6,8-9H2,(H,17,18). The second kappa shape index (κ2) is 7.03. The molecule has 0 bridgehead atoms. The van der Waals surface area contributed by atoms with Crippen LogP contribution in [0, 0.1) is 0 Å². The van der Waals surface area contributed by atoms with Gasteiger partial charge in [-0.2, -0.15) is 11.8 Å². The van der Waals surface area contributed by atoms with E-state index in [4.69, 9.17) is 23.2 Å². The van der Waals surface area contributed by atoms with Crippen LogP contribution in [0.2, 0.25) is 10.0 Å². The molecule has 0 aromatic heterocycles. The number of nitrogens with one attached hydrogen (secondary N) is 1. The molecule has 1 heterocycles. The molecule has 2 N–H and O–H groups in total.